The smallest absolute Gasteiger partial charge is 0.0471 e. The monoisotopic (exact) mass is 141 g/mol. The molecule has 1 aliphatic rings. The van der Waals surface area contributed by atoms with Crippen molar-refractivity contribution in [2.75, 3.05) is 26.2 Å². The third-order valence-corrected chi connectivity index (χ3v) is 2.12. The Hall–Kier alpha value is -0.0800. The maximum atomic E-state index is 8.84. The van der Waals surface area contributed by atoms with E-state index >= 15 is 0 Å². The molecule has 1 saturated heterocycles. The van der Waals surface area contributed by atoms with Gasteiger partial charge in [-0.2, -0.15) is 0 Å². The zero-order chi connectivity index (χ0) is 7.40. The number of aliphatic hydroxyl groups is 1. The molecular weight excluding hydrogens is 126 g/mol. The minimum Gasteiger partial charge on any atom is -0.396 e. The van der Waals surface area contributed by atoms with Gasteiger partial charge in [-0.25, -0.2) is 0 Å². The van der Waals surface area contributed by atoms with E-state index in [-0.39, 0.29) is 0 Å². The maximum absolute atomic E-state index is 8.84. The molecule has 1 unspecified atom stereocenters. The molecule has 1 rings (SSSR count). The van der Waals surface area contributed by atoms with Crippen molar-refractivity contribution in [3.8, 4) is 0 Å². The largest absolute Gasteiger partial charge is 0.396 e. The Morgan fingerprint density at radius 3 is 3.00 bits per heavy atom. The Bertz CT molecular complexity index is 85.3. The molecule has 58 valence electrons. The summed E-state index contributed by atoms with van der Waals surface area (Å²) < 4.78 is 0. The fraction of sp³-hybridized carbons (Fsp3) is 0.875. The van der Waals surface area contributed by atoms with E-state index in [1.807, 2.05) is 0 Å². The molecule has 2 nitrogen and oxygen atoms in total. The first kappa shape index (κ1) is 8.02. The van der Waals surface area contributed by atoms with Gasteiger partial charge in [-0.15, -0.1) is 0 Å². The van der Waals surface area contributed by atoms with Crippen LogP contribution in [-0.4, -0.2) is 36.2 Å². The van der Waals surface area contributed by atoms with Crippen molar-refractivity contribution < 1.29 is 5.11 Å². The van der Waals surface area contributed by atoms with Gasteiger partial charge in [0.1, 0.15) is 0 Å². The Labute approximate surface area is 62.8 Å². The predicted molar refractivity (Wildman–Crippen MR) is 40.5 cm³/mol. The second-order valence-electron chi connectivity index (χ2n) is 2.95. The van der Waals surface area contributed by atoms with Gasteiger partial charge >= 0.3 is 0 Å². The molecule has 0 bridgehead atoms. The molecular formula is C8H15NO. The summed E-state index contributed by atoms with van der Waals surface area (Å²) in [7, 11) is 0. The molecule has 1 N–H and O–H groups in total. The lowest BCUT2D eigenvalue weighted by atomic mass is 9.99. The molecule has 1 fully saturated rings. The number of rotatable bonds is 2. The van der Waals surface area contributed by atoms with Crippen LogP contribution in [0.4, 0.5) is 0 Å². The summed E-state index contributed by atoms with van der Waals surface area (Å²) >= 11 is 0. The van der Waals surface area contributed by atoms with Crippen LogP contribution in [0.2, 0.25) is 0 Å². The van der Waals surface area contributed by atoms with Crippen LogP contribution < -0.4 is 0 Å². The van der Waals surface area contributed by atoms with Crippen molar-refractivity contribution in [3.63, 3.8) is 0 Å². The van der Waals surface area contributed by atoms with Gasteiger partial charge in [0, 0.05) is 19.7 Å². The zero-order valence-corrected chi connectivity index (χ0v) is 6.29. The molecule has 1 heterocycles. The van der Waals surface area contributed by atoms with Gasteiger partial charge < -0.3 is 10.0 Å². The summed E-state index contributed by atoms with van der Waals surface area (Å²) in [5.74, 6) is 0.470. The summed E-state index contributed by atoms with van der Waals surface area (Å²) in [5, 5.41) is 8.84. The molecule has 2 radical (unpaired) electrons. The third kappa shape index (κ3) is 1.96. The highest BCUT2D eigenvalue weighted by Crippen LogP contribution is 2.14. The quantitative estimate of drug-likeness (QED) is 0.601. The summed E-state index contributed by atoms with van der Waals surface area (Å²) in [4.78, 5) is 2.18. The molecule has 10 heavy (non-hydrogen) atoms. The first-order chi connectivity index (χ1) is 4.86. The van der Waals surface area contributed by atoms with Crippen molar-refractivity contribution in [2.45, 2.75) is 12.8 Å². The fourth-order valence-corrected chi connectivity index (χ4v) is 1.47. The minimum atomic E-state index is 0.316. The normalized spacial score (nSPS) is 28.8. The molecule has 0 aromatic carbocycles. The van der Waals surface area contributed by atoms with E-state index in [0.29, 0.717) is 19.1 Å². The van der Waals surface area contributed by atoms with Gasteiger partial charge in [-0.05, 0) is 32.2 Å². The number of hydrogen-bond acceptors (Lipinski definition) is 2. The highest BCUT2D eigenvalue weighted by molar-refractivity contribution is 4.72. The Morgan fingerprint density at radius 2 is 2.40 bits per heavy atom. The van der Waals surface area contributed by atoms with Crippen LogP contribution in [0.5, 0.6) is 0 Å². The third-order valence-electron chi connectivity index (χ3n) is 2.12. The van der Waals surface area contributed by atoms with Crippen molar-refractivity contribution in [1.82, 2.24) is 4.90 Å². The van der Waals surface area contributed by atoms with Gasteiger partial charge in [0.05, 0.1) is 0 Å². The molecule has 0 aliphatic carbocycles. The van der Waals surface area contributed by atoms with Gasteiger partial charge in [-0.1, -0.05) is 0 Å². The van der Waals surface area contributed by atoms with E-state index in [1.54, 1.807) is 0 Å². The second-order valence-corrected chi connectivity index (χ2v) is 2.95. The van der Waals surface area contributed by atoms with E-state index < -0.39 is 0 Å². The Balaban J connectivity index is 2.25. The summed E-state index contributed by atoms with van der Waals surface area (Å²) in [5.41, 5.74) is 0. The molecule has 0 aromatic heterocycles. The SMILES string of the molecule is [CH]CN1CCCC(CO)C1. The number of aliphatic hydroxyl groups excluding tert-OH is 1. The standard InChI is InChI=1S/C8H15NO/c1-2-9-5-3-4-8(6-9)7-10/h1,8,10H,2-7H2. The predicted octanol–water partition coefficient (Wildman–Crippen LogP) is 0.402. The Morgan fingerprint density at radius 1 is 1.60 bits per heavy atom. The van der Waals surface area contributed by atoms with E-state index in [1.165, 1.54) is 6.42 Å². The van der Waals surface area contributed by atoms with Crippen LogP contribution in [0.25, 0.3) is 0 Å². The molecule has 2 heteroatoms. The van der Waals surface area contributed by atoms with E-state index in [4.69, 9.17) is 12.0 Å². The van der Waals surface area contributed by atoms with Crippen molar-refractivity contribution in [3.05, 3.63) is 6.92 Å². The lowest BCUT2D eigenvalue weighted by molar-refractivity contribution is 0.129. The lowest BCUT2D eigenvalue weighted by Gasteiger charge is -2.30. The topological polar surface area (TPSA) is 23.5 Å². The summed E-state index contributed by atoms with van der Waals surface area (Å²) in [6.07, 6.45) is 2.34. The molecule has 1 aliphatic heterocycles. The van der Waals surface area contributed by atoms with Gasteiger partial charge in [-0.3, -0.25) is 0 Å². The van der Waals surface area contributed by atoms with Gasteiger partial charge in [0.15, 0.2) is 0 Å². The highest BCUT2D eigenvalue weighted by atomic mass is 16.3. The van der Waals surface area contributed by atoms with Crippen LogP contribution in [0.15, 0.2) is 0 Å². The molecule has 0 saturated carbocycles. The van der Waals surface area contributed by atoms with Crippen LogP contribution >= 0.6 is 0 Å². The van der Waals surface area contributed by atoms with Gasteiger partial charge in [0.25, 0.3) is 0 Å². The summed E-state index contributed by atoms with van der Waals surface area (Å²) in [6, 6.07) is 0. The van der Waals surface area contributed by atoms with Crippen molar-refractivity contribution >= 4 is 0 Å². The van der Waals surface area contributed by atoms with Gasteiger partial charge in [0.2, 0.25) is 0 Å². The van der Waals surface area contributed by atoms with Crippen molar-refractivity contribution in [1.29, 1.82) is 0 Å². The average molecular weight is 141 g/mol. The summed E-state index contributed by atoms with van der Waals surface area (Å²) in [6.45, 7) is 8.50. The second kappa shape index (κ2) is 3.94. The van der Waals surface area contributed by atoms with E-state index in [9.17, 15) is 0 Å². The zero-order valence-electron chi connectivity index (χ0n) is 6.29. The van der Waals surface area contributed by atoms with Crippen LogP contribution in [0.1, 0.15) is 12.8 Å². The average Bonchev–Trinajstić information content (AvgIpc) is 2.05. The minimum absolute atomic E-state index is 0.316. The van der Waals surface area contributed by atoms with E-state index in [2.05, 4.69) is 4.90 Å². The maximum Gasteiger partial charge on any atom is 0.0471 e. The molecule has 0 aromatic rings. The number of hydrogen-bond donors (Lipinski definition) is 1. The molecule has 0 spiro atoms. The number of nitrogens with zero attached hydrogens (tertiary/aromatic N) is 1. The van der Waals surface area contributed by atoms with Crippen molar-refractivity contribution in [2.24, 2.45) is 5.92 Å². The highest BCUT2D eigenvalue weighted by Gasteiger charge is 2.16. The van der Waals surface area contributed by atoms with Crippen LogP contribution in [0, 0.1) is 12.8 Å². The Kier molecular flexibility index (Phi) is 3.16. The molecule has 0 amide bonds. The first-order valence-corrected chi connectivity index (χ1v) is 3.90. The van der Waals surface area contributed by atoms with E-state index in [0.717, 1.165) is 19.5 Å². The lowest BCUT2D eigenvalue weighted by Crippen LogP contribution is -2.36. The van der Waals surface area contributed by atoms with Crippen LogP contribution in [-0.2, 0) is 0 Å². The fourth-order valence-electron chi connectivity index (χ4n) is 1.47. The number of piperidine rings is 1. The molecule has 1 atom stereocenters. The van der Waals surface area contributed by atoms with Crippen LogP contribution in [0.3, 0.4) is 0 Å². The number of likely N-dealkylation sites (tertiary alicyclic amines) is 1. The first-order valence-electron chi connectivity index (χ1n) is 3.90.